The number of phenolic OH excluding ortho intramolecular Hbond substituents is 1. The van der Waals surface area contributed by atoms with Gasteiger partial charge in [-0.2, -0.15) is 9.97 Å². The van der Waals surface area contributed by atoms with E-state index < -0.39 is 23.6 Å². The summed E-state index contributed by atoms with van der Waals surface area (Å²) in [7, 11) is 0. The van der Waals surface area contributed by atoms with Crippen LogP contribution in [0.5, 0.6) is 11.8 Å². The lowest BCUT2D eigenvalue weighted by Crippen LogP contribution is -2.51. The molecular formula is C62H70F2N12O5S. The minimum absolute atomic E-state index is 0.0206. The molecule has 5 aliphatic rings. The first kappa shape index (κ1) is 55.2. The molecule has 5 aliphatic heterocycles. The van der Waals surface area contributed by atoms with Crippen LogP contribution in [0.1, 0.15) is 93.8 Å². The molecule has 2 amide bonds. The van der Waals surface area contributed by atoms with Crippen molar-refractivity contribution in [1.82, 2.24) is 50.4 Å². The summed E-state index contributed by atoms with van der Waals surface area (Å²) in [6, 6.07) is 15.5. The Bertz CT molecular complexity index is 3520. The third-order valence-corrected chi connectivity index (χ3v) is 18.5. The molecule has 2 bridgehead atoms. The van der Waals surface area contributed by atoms with Gasteiger partial charge in [-0.15, -0.1) is 17.8 Å². The molecule has 5 fully saturated rings. The second kappa shape index (κ2) is 23.5. The number of rotatable bonds is 16. The van der Waals surface area contributed by atoms with E-state index in [-0.39, 0.29) is 75.3 Å². The molecule has 20 heteroatoms. The Morgan fingerprint density at radius 1 is 0.915 bits per heavy atom. The highest BCUT2D eigenvalue weighted by Gasteiger charge is 2.41. The number of fused-ring (bicyclic) bond motifs is 4. The van der Waals surface area contributed by atoms with Crippen LogP contribution < -0.4 is 25.2 Å². The number of piperazine rings is 2. The van der Waals surface area contributed by atoms with Crippen molar-refractivity contribution in [2.45, 2.75) is 96.3 Å². The van der Waals surface area contributed by atoms with Crippen LogP contribution in [-0.2, 0) is 9.59 Å². The van der Waals surface area contributed by atoms with Crippen molar-refractivity contribution in [3.8, 4) is 45.8 Å². The molecule has 0 radical (unpaired) electrons. The molecule has 5 saturated heterocycles. The molecule has 82 heavy (non-hydrogen) atoms. The third kappa shape index (κ3) is 11.2. The average Bonchev–Trinajstić information content (AvgIpc) is 3.83. The number of pyridine rings is 1. The van der Waals surface area contributed by atoms with Crippen molar-refractivity contribution < 1.29 is 32.7 Å². The maximum atomic E-state index is 17.1. The van der Waals surface area contributed by atoms with Crippen molar-refractivity contribution in [2.24, 2.45) is 11.8 Å². The summed E-state index contributed by atoms with van der Waals surface area (Å²) in [6.45, 7) is 17.1. The van der Waals surface area contributed by atoms with Crippen LogP contribution in [0.25, 0.3) is 43.4 Å². The number of likely N-dealkylation sites (tertiary alicyclic amines) is 2. The molecule has 0 spiro atoms. The molecular weight excluding hydrogens is 1060 g/mol. The summed E-state index contributed by atoms with van der Waals surface area (Å²) >= 11 is 1.61. The number of carbonyl (C=O) groups excluding carboxylic acids is 2. The smallest absolute Gasteiger partial charge is 0.319 e. The van der Waals surface area contributed by atoms with Gasteiger partial charge in [0, 0.05) is 94.2 Å². The molecule has 428 valence electrons. The molecule has 3 N–H and O–H groups in total. The van der Waals surface area contributed by atoms with E-state index in [1.807, 2.05) is 51.4 Å². The Balaban J connectivity index is 0.634. The molecule has 2 unspecified atom stereocenters. The van der Waals surface area contributed by atoms with Gasteiger partial charge in [-0.3, -0.25) is 24.4 Å². The fourth-order valence-electron chi connectivity index (χ4n) is 13.1. The molecule has 12 rings (SSSR count). The molecule has 9 heterocycles. The monoisotopic (exact) mass is 1130 g/mol. The van der Waals surface area contributed by atoms with E-state index in [9.17, 15) is 14.7 Å². The Morgan fingerprint density at radius 3 is 2.40 bits per heavy atom. The van der Waals surface area contributed by atoms with Crippen LogP contribution in [-0.4, -0.2) is 153 Å². The van der Waals surface area contributed by atoms with E-state index in [1.165, 1.54) is 24.3 Å². The number of anilines is 2. The number of benzene rings is 3. The summed E-state index contributed by atoms with van der Waals surface area (Å²) in [6.07, 6.45) is 12.9. The van der Waals surface area contributed by atoms with Crippen LogP contribution >= 0.6 is 11.3 Å². The molecule has 0 aliphatic carbocycles. The quantitative estimate of drug-likeness (QED) is 0.0782. The van der Waals surface area contributed by atoms with Crippen LogP contribution in [0.3, 0.4) is 0 Å². The van der Waals surface area contributed by atoms with Crippen molar-refractivity contribution in [3.63, 3.8) is 0 Å². The van der Waals surface area contributed by atoms with E-state index in [4.69, 9.17) is 20.7 Å². The van der Waals surface area contributed by atoms with Gasteiger partial charge in [-0.1, -0.05) is 55.3 Å². The Hall–Kier alpha value is -7.31. The number of nitrogens with one attached hydrogen (secondary N) is 2. The first-order valence-electron chi connectivity index (χ1n) is 29.0. The average molecular weight is 1130 g/mol. The van der Waals surface area contributed by atoms with Gasteiger partial charge in [0.2, 0.25) is 11.8 Å². The van der Waals surface area contributed by atoms with Crippen LogP contribution in [0.4, 0.5) is 20.4 Å². The Kier molecular flexibility index (Phi) is 15.8. The van der Waals surface area contributed by atoms with E-state index in [1.54, 1.807) is 22.4 Å². The van der Waals surface area contributed by atoms with Gasteiger partial charge >= 0.3 is 6.01 Å². The fraction of sp³-hybridized carbons (Fsp3) is 0.468. The number of amides is 2. The lowest BCUT2D eigenvalue weighted by molar-refractivity contribution is -0.141. The lowest BCUT2D eigenvalue weighted by Gasteiger charge is -2.38. The molecule has 17 nitrogen and oxygen atoms in total. The van der Waals surface area contributed by atoms with Crippen molar-refractivity contribution in [3.05, 3.63) is 101 Å². The lowest BCUT2D eigenvalue weighted by atomic mass is 9.91. The summed E-state index contributed by atoms with van der Waals surface area (Å²) in [5, 5.41) is 23.2. The maximum Gasteiger partial charge on any atom is 0.319 e. The SMILES string of the molecule is C#Cc1c(F)ccc2cc(O)cc(-c3ncc4c(N5CC6CCC(C5)N6)nc(OCCN5CCC(CN6CCN(c7cc([C@H](C(=O)N8CCC[C@H]8C(=O)N[C@@H](C)c8ccc(-c9scnc9C)cc8)C(C)C)on7)CC6)CC5)nc4c3F)c12. The van der Waals surface area contributed by atoms with Crippen molar-refractivity contribution in [1.29, 1.82) is 0 Å². The third-order valence-electron chi connectivity index (χ3n) is 17.5. The van der Waals surface area contributed by atoms with Gasteiger partial charge < -0.3 is 39.7 Å². The Morgan fingerprint density at radius 2 is 1.68 bits per heavy atom. The normalized spacial score (nSPS) is 20.7. The number of ether oxygens (including phenoxy) is 1. The first-order valence-corrected chi connectivity index (χ1v) is 29.8. The summed E-state index contributed by atoms with van der Waals surface area (Å²) in [5.74, 6) is 2.36. The molecule has 5 atom stereocenters. The molecule has 7 aromatic rings. The van der Waals surface area contributed by atoms with E-state index in [0.717, 1.165) is 105 Å². The molecule has 4 aromatic heterocycles. The number of thiazole rings is 1. The van der Waals surface area contributed by atoms with Crippen LogP contribution in [0, 0.1) is 42.7 Å². The number of piperidine rings is 1. The highest BCUT2D eigenvalue weighted by atomic mass is 32.1. The number of aryl methyl sites for hydroxylation is 1. The fourth-order valence-corrected chi connectivity index (χ4v) is 13.9. The number of nitrogens with zero attached hydrogens (tertiary/aromatic N) is 10. The second-order valence-corrected chi connectivity index (χ2v) is 24.1. The minimum atomic E-state index is -0.745. The first-order chi connectivity index (χ1) is 39.8. The van der Waals surface area contributed by atoms with Crippen molar-refractivity contribution >= 4 is 56.5 Å². The Labute approximate surface area is 480 Å². The van der Waals surface area contributed by atoms with Crippen LogP contribution in [0.15, 0.2) is 70.8 Å². The molecule has 0 saturated carbocycles. The summed E-state index contributed by atoms with van der Waals surface area (Å²) < 4.78 is 44.4. The zero-order valence-electron chi connectivity index (χ0n) is 46.9. The number of aromatic nitrogens is 5. The van der Waals surface area contributed by atoms with E-state index in [0.29, 0.717) is 67.5 Å². The highest BCUT2D eigenvalue weighted by molar-refractivity contribution is 7.13. The zero-order chi connectivity index (χ0) is 56.8. The van der Waals surface area contributed by atoms with Crippen molar-refractivity contribution in [2.75, 3.05) is 88.4 Å². The number of hydrogen-bond acceptors (Lipinski definition) is 16. The van der Waals surface area contributed by atoms with Gasteiger partial charge in [-0.05, 0) is 112 Å². The van der Waals surface area contributed by atoms with Gasteiger partial charge in [0.05, 0.1) is 33.1 Å². The zero-order valence-corrected chi connectivity index (χ0v) is 47.7. The number of carbonyl (C=O) groups is 2. The summed E-state index contributed by atoms with van der Waals surface area (Å²) in [5.41, 5.74) is 4.96. The number of terminal acetylenes is 1. The van der Waals surface area contributed by atoms with E-state index in [2.05, 4.69) is 68.4 Å². The summed E-state index contributed by atoms with van der Waals surface area (Å²) in [4.78, 5) is 58.9. The number of hydrogen-bond donors (Lipinski definition) is 3. The predicted octanol–water partition coefficient (Wildman–Crippen LogP) is 8.69. The maximum absolute atomic E-state index is 17.1. The number of phenols is 1. The number of halogens is 2. The molecule has 3 aromatic carbocycles. The minimum Gasteiger partial charge on any atom is -0.508 e. The topological polar surface area (TPSA) is 181 Å². The van der Waals surface area contributed by atoms with Gasteiger partial charge in [-0.25, -0.2) is 13.8 Å². The number of aromatic hydroxyl groups is 1. The predicted molar refractivity (Wildman–Crippen MR) is 313 cm³/mol. The largest absolute Gasteiger partial charge is 0.508 e. The van der Waals surface area contributed by atoms with Gasteiger partial charge in [0.1, 0.15) is 47.2 Å². The van der Waals surface area contributed by atoms with Gasteiger partial charge in [0.25, 0.3) is 0 Å². The van der Waals surface area contributed by atoms with E-state index >= 15 is 8.78 Å². The standard InChI is InChI=1S/C62H70F2N12O5S/c1-6-46-49(63)16-13-42-28-45(77)29-47(54(42)46)56-55(64)57-48(31-65-56)59(75-33-43-14-15-44(34-75)68-43)70-62(69-57)80-27-26-72-20-17-39(18-21-72)32-73-22-24-74(25-23-73)52-30-51(81-71-52)53(36(2)3)61(79)76-19-7-8-50(76)60(78)67-37(4)40-9-11-41(12-10-40)58-38(5)66-35-82-58/h1,9-13,16,28-31,35-37,39,43-44,50,53,68,77H,7-8,14-15,17-27,32-34H2,2-5H3,(H,67,78)/t37-,43?,44?,50-,53+/m0/s1. The van der Waals surface area contributed by atoms with Gasteiger partial charge in [0.15, 0.2) is 17.4 Å². The highest BCUT2D eigenvalue weighted by Crippen LogP contribution is 2.40. The second-order valence-electron chi connectivity index (χ2n) is 23.3. The van der Waals surface area contributed by atoms with Crippen LogP contribution in [0.2, 0.25) is 0 Å².